The maximum atomic E-state index is 13.1. The fourth-order valence-corrected chi connectivity index (χ4v) is 3.53. The van der Waals surface area contributed by atoms with Gasteiger partial charge in [-0.15, -0.1) is 12.4 Å². The minimum Gasteiger partial charge on any atom is -0.481 e. The van der Waals surface area contributed by atoms with Crippen LogP contribution in [0, 0.1) is 0 Å². The van der Waals surface area contributed by atoms with Crippen molar-refractivity contribution >= 4 is 35.7 Å². The third-order valence-electron chi connectivity index (χ3n) is 4.69. The van der Waals surface area contributed by atoms with Gasteiger partial charge in [0.25, 0.3) is 5.91 Å². The van der Waals surface area contributed by atoms with Crippen molar-refractivity contribution in [2.24, 2.45) is 0 Å². The number of halogens is 2. The molecule has 7 heteroatoms. The highest BCUT2D eigenvalue weighted by Gasteiger charge is 2.32. The van der Waals surface area contributed by atoms with Crippen LogP contribution in [-0.2, 0) is 4.79 Å². The van der Waals surface area contributed by atoms with E-state index in [0.717, 1.165) is 12.1 Å². The van der Waals surface area contributed by atoms with Crippen LogP contribution in [0.3, 0.4) is 0 Å². The lowest BCUT2D eigenvalue weighted by molar-refractivity contribution is -0.141. The van der Waals surface area contributed by atoms with Gasteiger partial charge in [-0.3, -0.25) is 9.59 Å². The van der Waals surface area contributed by atoms with Crippen LogP contribution in [0.4, 0.5) is 0 Å². The SMILES string of the molecule is CC(=O)c1cccc(OC(C)C(=O)N2CCNCC2c2ccccc2Cl)c1.Cl. The number of nitrogens with zero attached hydrogens (tertiary/aromatic N) is 1. The van der Waals surface area contributed by atoms with Gasteiger partial charge in [0.2, 0.25) is 0 Å². The maximum Gasteiger partial charge on any atom is 0.263 e. The van der Waals surface area contributed by atoms with Gasteiger partial charge in [0.1, 0.15) is 5.75 Å². The van der Waals surface area contributed by atoms with Crippen LogP contribution in [-0.4, -0.2) is 42.3 Å². The van der Waals surface area contributed by atoms with Crippen molar-refractivity contribution in [2.45, 2.75) is 26.0 Å². The first-order valence-electron chi connectivity index (χ1n) is 9.00. The molecule has 0 spiro atoms. The summed E-state index contributed by atoms with van der Waals surface area (Å²) in [4.78, 5) is 26.4. The number of piperazine rings is 1. The van der Waals surface area contributed by atoms with Gasteiger partial charge in [-0.2, -0.15) is 0 Å². The number of benzene rings is 2. The van der Waals surface area contributed by atoms with Crippen molar-refractivity contribution < 1.29 is 14.3 Å². The molecule has 1 fully saturated rings. The zero-order chi connectivity index (χ0) is 19.4. The van der Waals surface area contributed by atoms with E-state index in [2.05, 4.69) is 5.32 Å². The molecule has 1 amide bonds. The number of carbonyl (C=O) groups is 2. The van der Waals surface area contributed by atoms with E-state index in [1.54, 1.807) is 31.2 Å². The summed E-state index contributed by atoms with van der Waals surface area (Å²) in [5.74, 6) is 0.364. The number of hydrogen-bond acceptors (Lipinski definition) is 4. The summed E-state index contributed by atoms with van der Waals surface area (Å²) in [7, 11) is 0. The van der Waals surface area contributed by atoms with Gasteiger partial charge in [0.15, 0.2) is 11.9 Å². The van der Waals surface area contributed by atoms with E-state index in [0.29, 0.717) is 29.4 Å². The van der Waals surface area contributed by atoms with Gasteiger partial charge >= 0.3 is 0 Å². The molecule has 1 aliphatic heterocycles. The minimum atomic E-state index is -0.671. The van der Waals surface area contributed by atoms with E-state index in [-0.39, 0.29) is 30.1 Å². The first kappa shape index (κ1) is 22.2. The predicted octanol–water partition coefficient (Wildman–Crippen LogP) is 3.90. The van der Waals surface area contributed by atoms with Crippen LogP contribution in [0.1, 0.15) is 35.8 Å². The van der Waals surface area contributed by atoms with Crippen LogP contribution >= 0.6 is 24.0 Å². The number of ketones is 1. The monoisotopic (exact) mass is 422 g/mol. The normalized spacial score (nSPS) is 17.4. The Labute approximate surface area is 176 Å². The smallest absolute Gasteiger partial charge is 0.263 e. The van der Waals surface area contributed by atoms with Crippen molar-refractivity contribution in [3.63, 3.8) is 0 Å². The van der Waals surface area contributed by atoms with Gasteiger partial charge in [0.05, 0.1) is 6.04 Å². The van der Waals surface area contributed by atoms with Crippen molar-refractivity contribution in [1.82, 2.24) is 10.2 Å². The molecule has 2 aromatic rings. The van der Waals surface area contributed by atoms with Gasteiger partial charge in [0, 0.05) is 30.2 Å². The van der Waals surface area contributed by atoms with Gasteiger partial charge < -0.3 is 15.0 Å². The summed E-state index contributed by atoms with van der Waals surface area (Å²) in [5, 5.41) is 3.97. The second-order valence-electron chi connectivity index (χ2n) is 6.62. The van der Waals surface area contributed by atoms with E-state index in [4.69, 9.17) is 16.3 Å². The molecule has 0 aliphatic carbocycles. The fourth-order valence-electron chi connectivity index (χ4n) is 3.27. The topological polar surface area (TPSA) is 58.6 Å². The largest absolute Gasteiger partial charge is 0.481 e. The van der Waals surface area contributed by atoms with E-state index in [1.165, 1.54) is 6.92 Å². The van der Waals surface area contributed by atoms with Gasteiger partial charge in [-0.25, -0.2) is 0 Å². The van der Waals surface area contributed by atoms with E-state index < -0.39 is 6.10 Å². The molecule has 5 nitrogen and oxygen atoms in total. The van der Waals surface area contributed by atoms with Crippen LogP contribution in [0.5, 0.6) is 5.75 Å². The molecule has 150 valence electrons. The zero-order valence-electron chi connectivity index (χ0n) is 15.9. The van der Waals surface area contributed by atoms with Crippen LogP contribution in [0.2, 0.25) is 5.02 Å². The lowest BCUT2D eigenvalue weighted by Crippen LogP contribution is -2.52. The Bertz CT molecular complexity index is 844. The Kier molecular flexibility index (Phi) is 7.87. The molecular weight excluding hydrogens is 399 g/mol. The Hall–Kier alpha value is -2.08. The Morgan fingerprint density at radius 1 is 1.21 bits per heavy atom. The molecular formula is C21H24Cl2N2O3. The summed E-state index contributed by atoms with van der Waals surface area (Å²) < 4.78 is 5.84. The predicted molar refractivity (Wildman–Crippen MR) is 113 cm³/mol. The third kappa shape index (κ3) is 5.04. The Morgan fingerprint density at radius 3 is 2.68 bits per heavy atom. The molecule has 2 atom stereocenters. The molecule has 2 aromatic carbocycles. The fraction of sp³-hybridized carbons (Fsp3) is 0.333. The summed E-state index contributed by atoms with van der Waals surface area (Å²) in [6.07, 6.45) is -0.671. The average Bonchev–Trinajstić information content (AvgIpc) is 2.68. The molecule has 28 heavy (non-hydrogen) atoms. The molecule has 0 aromatic heterocycles. The van der Waals surface area contributed by atoms with Crippen molar-refractivity contribution in [2.75, 3.05) is 19.6 Å². The number of nitrogens with one attached hydrogen (secondary N) is 1. The van der Waals surface area contributed by atoms with Crippen molar-refractivity contribution in [3.8, 4) is 5.75 Å². The number of rotatable bonds is 5. The molecule has 3 rings (SSSR count). The summed E-state index contributed by atoms with van der Waals surface area (Å²) >= 11 is 6.36. The van der Waals surface area contributed by atoms with E-state index in [9.17, 15) is 9.59 Å². The highest BCUT2D eigenvalue weighted by atomic mass is 35.5. The molecule has 2 unspecified atom stereocenters. The number of hydrogen-bond donors (Lipinski definition) is 1. The minimum absolute atomic E-state index is 0. The first-order chi connectivity index (χ1) is 13.0. The van der Waals surface area contributed by atoms with Crippen LogP contribution in [0.15, 0.2) is 48.5 Å². The highest BCUT2D eigenvalue weighted by Crippen LogP contribution is 2.29. The second kappa shape index (κ2) is 9.92. The number of amides is 1. The highest BCUT2D eigenvalue weighted by molar-refractivity contribution is 6.31. The number of carbonyl (C=O) groups excluding carboxylic acids is 2. The molecule has 0 radical (unpaired) electrons. The number of Topliss-reactive ketones (excluding diaryl/α,β-unsaturated/α-hetero) is 1. The van der Waals surface area contributed by atoms with Gasteiger partial charge in [-0.1, -0.05) is 41.9 Å². The van der Waals surface area contributed by atoms with Crippen molar-refractivity contribution in [3.05, 3.63) is 64.7 Å². The Morgan fingerprint density at radius 2 is 1.96 bits per heavy atom. The lowest BCUT2D eigenvalue weighted by atomic mass is 10.0. The van der Waals surface area contributed by atoms with Crippen molar-refractivity contribution in [1.29, 1.82) is 0 Å². The molecule has 1 aliphatic rings. The molecule has 1 heterocycles. The lowest BCUT2D eigenvalue weighted by Gasteiger charge is -2.38. The summed E-state index contributed by atoms with van der Waals surface area (Å²) in [5.41, 5.74) is 1.48. The van der Waals surface area contributed by atoms with Crippen LogP contribution in [0.25, 0.3) is 0 Å². The molecule has 0 bridgehead atoms. The standard InChI is InChI=1S/C21H23ClN2O3.ClH/c1-14(25)16-6-5-7-17(12-16)27-15(2)21(26)24-11-10-23-13-20(24)18-8-3-4-9-19(18)22;/h3-9,12,15,20,23H,10-11,13H2,1-2H3;1H. The maximum absolute atomic E-state index is 13.1. The van der Waals surface area contributed by atoms with E-state index >= 15 is 0 Å². The average molecular weight is 423 g/mol. The molecule has 1 N–H and O–H groups in total. The van der Waals surface area contributed by atoms with Crippen LogP contribution < -0.4 is 10.1 Å². The second-order valence-corrected chi connectivity index (χ2v) is 7.02. The molecule has 1 saturated heterocycles. The molecule has 0 saturated carbocycles. The first-order valence-corrected chi connectivity index (χ1v) is 9.38. The number of ether oxygens (including phenoxy) is 1. The zero-order valence-corrected chi connectivity index (χ0v) is 17.4. The third-order valence-corrected chi connectivity index (χ3v) is 5.04. The summed E-state index contributed by atoms with van der Waals surface area (Å²) in [6.45, 7) is 5.17. The van der Waals surface area contributed by atoms with E-state index in [1.807, 2.05) is 29.2 Å². The Balaban J connectivity index is 0.00000280. The van der Waals surface area contributed by atoms with Gasteiger partial charge in [-0.05, 0) is 37.6 Å². The summed E-state index contributed by atoms with van der Waals surface area (Å²) in [6, 6.07) is 14.3. The quantitative estimate of drug-likeness (QED) is 0.742.